The molecule has 2 saturated heterocycles. The molecule has 3 fully saturated rings. The maximum atomic E-state index is 13.0. The van der Waals surface area contributed by atoms with Crippen LogP contribution in [0.2, 0.25) is 0 Å². The molecule has 40 heavy (non-hydrogen) atoms. The van der Waals surface area contributed by atoms with Crippen molar-refractivity contribution in [3.05, 3.63) is 72.7 Å². The van der Waals surface area contributed by atoms with Crippen LogP contribution in [0.15, 0.2) is 61.4 Å². The van der Waals surface area contributed by atoms with E-state index >= 15 is 0 Å². The highest BCUT2D eigenvalue weighted by molar-refractivity contribution is 5.79. The predicted molar refractivity (Wildman–Crippen MR) is 163 cm³/mol. The molecule has 1 unspecified atom stereocenters. The Morgan fingerprint density at radius 3 is 2.40 bits per heavy atom. The van der Waals surface area contributed by atoms with E-state index in [4.69, 9.17) is 9.72 Å². The van der Waals surface area contributed by atoms with Gasteiger partial charge in [-0.1, -0.05) is 32.1 Å². The van der Waals surface area contributed by atoms with Crippen molar-refractivity contribution in [2.75, 3.05) is 42.9 Å². The number of benzene rings is 1. The molecular weight excluding hydrogens is 498 g/mol. The molecular formula is C33H45N5O2. The maximum absolute atomic E-state index is 13.0. The molecule has 1 aromatic heterocycles. The van der Waals surface area contributed by atoms with E-state index in [1.165, 1.54) is 44.2 Å². The first kappa shape index (κ1) is 28.1. The Hall–Kier alpha value is -3.48. The minimum atomic E-state index is -0.541. The van der Waals surface area contributed by atoms with E-state index in [0.29, 0.717) is 25.6 Å². The molecule has 1 N–H and O–H groups in total. The monoisotopic (exact) mass is 543 g/mol. The van der Waals surface area contributed by atoms with E-state index in [1.807, 2.05) is 45.2 Å². The molecule has 2 aliphatic heterocycles. The van der Waals surface area contributed by atoms with Gasteiger partial charge >= 0.3 is 6.09 Å². The van der Waals surface area contributed by atoms with Crippen LogP contribution in [-0.2, 0) is 4.74 Å². The highest BCUT2D eigenvalue weighted by Gasteiger charge is 2.35. The van der Waals surface area contributed by atoms with E-state index in [-0.39, 0.29) is 12.1 Å². The number of anilines is 2. The first-order valence-electron chi connectivity index (χ1n) is 14.9. The number of piperazine rings is 1. The second-order valence-electron chi connectivity index (χ2n) is 12.4. The van der Waals surface area contributed by atoms with Crippen molar-refractivity contribution in [1.82, 2.24) is 14.8 Å². The average Bonchev–Trinajstić information content (AvgIpc) is 3.80. The number of hydrogen-bond acceptors (Lipinski definition) is 6. The first-order chi connectivity index (χ1) is 19.2. The summed E-state index contributed by atoms with van der Waals surface area (Å²) in [4.78, 5) is 24.4. The molecule has 0 radical (unpaired) electrons. The molecule has 1 aliphatic carbocycles. The number of carbonyl (C=O) groups is 1. The SMILES string of the molecule is C=C(Nc1ccc(C(=C)N2CCN(C(=O)OC(C)(C)C)CC2c2ccccn2)c(N2CCCCCC2)c1)C1CC1. The number of carbonyl (C=O) groups excluding carboxylic acids is 1. The second-order valence-corrected chi connectivity index (χ2v) is 12.4. The van der Waals surface area contributed by atoms with Gasteiger partial charge in [0.1, 0.15) is 5.60 Å². The molecule has 3 aliphatic rings. The van der Waals surface area contributed by atoms with E-state index < -0.39 is 5.60 Å². The lowest BCUT2D eigenvalue weighted by Crippen LogP contribution is -2.51. The number of ether oxygens (including phenoxy) is 1. The highest BCUT2D eigenvalue weighted by Crippen LogP contribution is 2.40. The molecule has 0 spiro atoms. The van der Waals surface area contributed by atoms with Crippen LogP contribution in [0.25, 0.3) is 5.70 Å². The van der Waals surface area contributed by atoms with E-state index in [0.717, 1.165) is 41.4 Å². The number of nitrogens with one attached hydrogen (secondary N) is 1. The predicted octanol–water partition coefficient (Wildman–Crippen LogP) is 7.06. The summed E-state index contributed by atoms with van der Waals surface area (Å²) < 4.78 is 5.72. The Kier molecular flexibility index (Phi) is 8.38. The maximum Gasteiger partial charge on any atom is 0.410 e. The number of allylic oxidation sites excluding steroid dienone is 1. The van der Waals surface area contributed by atoms with Crippen molar-refractivity contribution in [1.29, 1.82) is 0 Å². The number of nitrogens with zero attached hydrogens (tertiary/aromatic N) is 4. The molecule has 214 valence electrons. The summed E-state index contributed by atoms with van der Waals surface area (Å²) in [5.74, 6) is 0.594. The zero-order valence-corrected chi connectivity index (χ0v) is 24.5. The van der Waals surface area contributed by atoms with Gasteiger partial charge in [0.2, 0.25) is 0 Å². The fraction of sp³-hybridized carbons (Fsp3) is 0.515. The normalized spacial score (nSPS) is 20.1. The van der Waals surface area contributed by atoms with Gasteiger partial charge in [-0.05, 0) is 82.7 Å². The number of pyridine rings is 1. The fourth-order valence-corrected chi connectivity index (χ4v) is 5.73. The van der Waals surface area contributed by atoms with Gasteiger partial charge < -0.3 is 24.8 Å². The summed E-state index contributed by atoms with van der Waals surface area (Å²) in [6.07, 6.45) is 8.93. The summed E-state index contributed by atoms with van der Waals surface area (Å²) in [6, 6.07) is 12.5. The van der Waals surface area contributed by atoms with Crippen LogP contribution in [0, 0.1) is 5.92 Å². The quantitative estimate of drug-likeness (QED) is 0.403. The van der Waals surface area contributed by atoms with Gasteiger partial charge in [-0.15, -0.1) is 0 Å². The molecule has 1 saturated carbocycles. The molecule has 0 bridgehead atoms. The Labute approximate surface area is 239 Å². The number of hydrogen-bond donors (Lipinski definition) is 1. The Balaban J connectivity index is 1.45. The van der Waals surface area contributed by atoms with Crippen molar-refractivity contribution in [3.63, 3.8) is 0 Å². The van der Waals surface area contributed by atoms with Crippen molar-refractivity contribution >= 4 is 23.2 Å². The number of rotatable bonds is 7. The van der Waals surface area contributed by atoms with E-state index in [2.05, 4.69) is 46.5 Å². The standard InChI is InChI=1S/C33H45N5O2/c1-24(26-13-14-26)35-27-15-16-28(30(22-27)36-18-10-6-7-11-19-36)25(2)38-21-20-37(32(39)40-33(3,4)5)23-31(38)29-12-8-9-17-34-29/h8-9,12,15-17,22,26,31,35H,1-2,6-7,10-11,13-14,18-21,23H2,3-5H3. The van der Waals surface area contributed by atoms with Crippen LogP contribution >= 0.6 is 0 Å². The summed E-state index contributed by atoms with van der Waals surface area (Å²) in [5.41, 5.74) is 5.90. The van der Waals surface area contributed by atoms with Crippen LogP contribution in [-0.4, -0.2) is 59.2 Å². The van der Waals surface area contributed by atoms with Gasteiger partial charge in [0.25, 0.3) is 0 Å². The van der Waals surface area contributed by atoms with Crippen molar-refractivity contribution in [2.24, 2.45) is 5.92 Å². The lowest BCUT2D eigenvalue weighted by atomic mass is 10.0. The molecule has 3 heterocycles. The summed E-state index contributed by atoms with van der Waals surface area (Å²) in [7, 11) is 0. The van der Waals surface area contributed by atoms with Crippen LogP contribution in [0.4, 0.5) is 16.2 Å². The van der Waals surface area contributed by atoms with Crippen LogP contribution in [0.1, 0.15) is 76.6 Å². The molecule has 1 atom stereocenters. The summed E-state index contributed by atoms with van der Waals surface area (Å²) in [5, 5.41) is 3.58. The molecule has 7 heteroatoms. The lowest BCUT2D eigenvalue weighted by Gasteiger charge is -2.44. The van der Waals surface area contributed by atoms with Crippen molar-refractivity contribution in [2.45, 2.75) is 70.9 Å². The van der Waals surface area contributed by atoms with Gasteiger partial charge in [0, 0.05) is 60.7 Å². The van der Waals surface area contributed by atoms with Crippen LogP contribution < -0.4 is 10.2 Å². The molecule has 2 aromatic rings. The van der Waals surface area contributed by atoms with Crippen LogP contribution in [0.3, 0.4) is 0 Å². The third kappa shape index (κ3) is 6.80. The third-order valence-corrected chi connectivity index (χ3v) is 8.04. The number of aromatic nitrogens is 1. The minimum Gasteiger partial charge on any atom is -0.444 e. The van der Waals surface area contributed by atoms with Gasteiger partial charge in [-0.25, -0.2) is 4.79 Å². The molecule has 7 nitrogen and oxygen atoms in total. The van der Waals surface area contributed by atoms with E-state index in [9.17, 15) is 4.79 Å². The first-order valence-corrected chi connectivity index (χ1v) is 14.9. The van der Waals surface area contributed by atoms with Gasteiger partial charge in [0.15, 0.2) is 0 Å². The summed E-state index contributed by atoms with van der Waals surface area (Å²) >= 11 is 0. The molecule has 1 amide bonds. The van der Waals surface area contributed by atoms with Gasteiger partial charge in [-0.3, -0.25) is 4.98 Å². The smallest absolute Gasteiger partial charge is 0.410 e. The zero-order chi connectivity index (χ0) is 28.3. The Morgan fingerprint density at radius 2 is 1.75 bits per heavy atom. The Morgan fingerprint density at radius 1 is 1.00 bits per heavy atom. The van der Waals surface area contributed by atoms with Crippen molar-refractivity contribution < 1.29 is 9.53 Å². The van der Waals surface area contributed by atoms with Crippen molar-refractivity contribution in [3.8, 4) is 0 Å². The Bertz CT molecular complexity index is 1210. The molecule has 5 rings (SSSR count). The molecule has 1 aromatic carbocycles. The largest absolute Gasteiger partial charge is 0.444 e. The van der Waals surface area contributed by atoms with Crippen LogP contribution in [0.5, 0.6) is 0 Å². The minimum absolute atomic E-state index is 0.126. The number of amides is 1. The van der Waals surface area contributed by atoms with Gasteiger partial charge in [0.05, 0.1) is 18.3 Å². The zero-order valence-electron chi connectivity index (χ0n) is 24.5. The lowest BCUT2D eigenvalue weighted by molar-refractivity contribution is 0.0107. The summed E-state index contributed by atoms with van der Waals surface area (Å²) in [6.45, 7) is 18.5. The average molecular weight is 544 g/mol. The van der Waals surface area contributed by atoms with E-state index in [1.54, 1.807) is 4.90 Å². The topological polar surface area (TPSA) is 60.9 Å². The third-order valence-electron chi connectivity index (χ3n) is 8.04. The van der Waals surface area contributed by atoms with Gasteiger partial charge in [-0.2, -0.15) is 0 Å². The second kappa shape index (κ2) is 11.9. The fourth-order valence-electron chi connectivity index (χ4n) is 5.73. The highest BCUT2D eigenvalue weighted by atomic mass is 16.6.